The van der Waals surface area contributed by atoms with Crippen molar-refractivity contribution < 1.29 is 4.79 Å². The van der Waals surface area contributed by atoms with E-state index in [-0.39, 0.29) is 18.3 Å². The molecule has 1 rings (SSSR count). The van der Waals surface area contributed by atoms with Gasteiger partial charge in [0.05, 0.1) is 5.41 Å². The average Bonchev–Trinajstić information content (AvgIpc) is 2.43. The molecular formula is C15H24Cl2N2O. The van der Waals surface area contributed by atoms with E-state index in [2.05, 4.69) is 5.32 Å². The van der Waals surface area contributed by atoms with Crippen molar-refractivity contribution in [1.29, 1.82) is 0 Å². The lowest BCUT2D eigenvalue weighted by molar-refractivity contribution is -0.131. The van der Waals surface area contributed by atoms with Gasteiger partial charge in [-0.3, -0.25) is 4.79 Å². The number of carbonyl (C=O) groups is 1. The fourth-order valence-corrected chi connectivity index (χ4v) is 2.38. The number of nitrogens with one attached hydrogen (secondary N) is 1. The Bertz CT molecular complexity index is 412. The fraction of sp³-hybridized carbons (Fsp3) is 0.533. The lowest BCUT2D eigenvalue weighted by atomic mass is 9.81. The fourth-order valence-electron chi connectivity index (χ4n) is 2.15. The summed E-state index contributed by atoms with van der Waals surface area (Å²) in [5.41, 5.74) is 6.38. The third kappa shape index (κ3) is 4.65. The van der Waals surface area contributed by atoms with E-state index in [1.165, 1.54) is 0 Å². The summed E-state index contributed by atoms with van der Waals surface area (Å²) in [6, 6.07) is 7.69. The normalized spacial score (nSPS) is 10.8. The molecule has 0 atom stereocenters. The van der Waals surface area contributed by atoms with Crippen molar-refractivity contribution in [2.24, 2.45) is 11.1 Å². The average molecular weight is 319 g/mol. The number of hydrogen-bond acceptors (Lipinski definition) is 2. The maximum Gasteiger partial charge on any atom is 0.227 e. The standard InChI is InChI=1S/C15H23ClN2O.ClH/c1-3-15(4-2,11-17)14(19)18-10-9-12-7-5-6-8-13(12)16;/h5-8H,3-4,9-11,17H2,1-2H3,(H,18,19);1H. The van der Waals surface area contributed by atoms with Crippen molar-refractivity contribution in [1.82, 2.24) is 5.32 Å². The van der Waals surface area contributed by atoms with Crippen LogP contribution in [0.25, 0.3) is 0 Å². The molecule has 0 saturated heterocycles. The third-order valence-corrected chi connectivity index (χ3v) is 4.23. The molecule has 3 N–H and O–H groups in total. The largest absolute Gasteiger partial charge is 0.355 e. The van der Waals surface area contributed by atoms with E-state index in [0.29, 0.717) is 13.1 Å². The van der Waals surface area contributed by atoms with Crippen LogP contribution in [-0.4, -0.2) is 19.0 Å². The first-order valence-corrected chi connectivity index (χ1v) is 7.19. The molecule has 1 aromatic carbocycles. The molecule has 0 heterocycles. The van der Waals surface area contributed by atoms with Crippen LogP contribution in [0, 0.1) is 5.41 Å². The minimum Gasteiger partial charge on any atom is -0.355 e. The van der Waals surface area contributed by atoms with E-state index in [0.717, 1.165) is 29.8 Å². The predicted octanol–water partition coefficient (Wildman–Crippen LogP) is 3.19. The van der Waals surface area contributed by atoms with Crippen molar-refractivity contribution >= 4 is 29.9 Å². The van der Waals surface area contributed by atoms with Gasteiger partial charge in [0.25, 0.3) is 0 Å². The summed E-state index contributed by atoms with van der Waals surface area (Å²) in [5, 5.41) is 3.72. The Kier molecular flexibility index (Phi) is 8.86. The van der Waals surface area contributed by atoms with Crippen LogP contribution < -0.4 is 11.1 Å². The first-order chi connectivity index (χ1) is 9.09. The number of amides is 1. The molecule has 5 heteroatoms. The van der Waals surface area contributed by atoms with Crippen LogP contribution in [-0.2, 0) is 11.2 Å². The molecule has 0 aliphatic heterocycles. The van der Waals surface area contributed by atoms with Gasteiger partial charge in [0.2, 0.25) is 5.91 Å². The smallest absolute Gasteiger partial charge is 0.227 e. The Morgan fingerprint density at radius 3 is 2.40 bits per heavy atom. The lowest BCUT2D eigenvalue weighted by Crippen LogP contribution is -2.45. The van der Waals surface area contributed by atoms with E-state index in [1.54, 1.807) is 0 Å². The van der Waals surface area contributed by atoms with Crippen LogP contribution in [0.1, 0.15) is 32.3 Å². The molecule has 1 amide bonds. The highest BCUT2D eigenvalue weighted by molar-refractivity contribution is 6.31. The minimum absolute atomic E-state index is 0. The summed E-state index contributed by atoms with van der Waals surface area (Å²) in [4.78, 5) is 12.2. The second kappa shape index (κ2) is 9.22. The Balaban J connectivity index is 0.00000361. The molecule has 0 aliphatic rings. The molecule has 0 spiro atoms. The van der Waals surface area contributed by atoms with Gasteiger partial charge in [0, 0.05) is 18.1 Å². The monoisotopic (exact) mass is 318 g/mol. The minimum atomic E-state index is -0.430. The highest BCUT2D eigenvalue weighted by Crippen LogP contribution is 2.25. The zero-order valence-electron chi connectivity index (χ0n) is 12.1. The van der Waals surface area contributed by atoms with Crippen LogP contribution in [0.5, 0.6) is 0 Å². The van der Waals surface area contributed by atoms with E-state index >= 15 is 0 Å². The molecule has 0 aliphatic carbocycles. The van der Waals surface area contributed by atoms with Crippen LogP contribution in [0.15, 0.2) is 24.3 Å². The number of nitrogens with two attached hydrogens (primary N) is 1. The van der Waals surface area contributed by atoms with E-state index in [9.17, 15) is 4.79 Å². The van der Waals surface area contributed by atoms with Crippen molar-refractivity contribution in [2.75, 3.05) is 13.1 Å². The van der Waals surface area contributed by atoms with E-state index in [4.69, 9.17) is 17.3 Å². The van der Waals surface area contributed by atoms with Gasteiger partial charge >= 0.3 is 0 Å². The van der Waals surface area contributed by atoms with Crippen LogP contribution >= 0.6 is 24.0 Å². The van der Waals surface area contributed by atoms with Gasteiger partial charge in [0.15, 0.2) is 0 Å². The molecule has 0 radical (unpaired) electrons. The van der Waals surface area contributed by atoms with Crippen molar-refractivity contribution in [2.45, 2.75) is 33.1 Å². The van der Waals surface area contributed by atoms with Gasteiger partial charge in [-0.2, -0.15) is 0 Å². The first-order valence-electron chi connectivity index (χ1n) is 6.81. The molecule has 0 bridgehead atoms. The van der Waals surface area contributed by atoms with Crippen molar-refractivity contribution in [3.8, 4) is 0 Å². The summed E-state index contributed by atoms with van der Waals surface area (Å²) in [6.07, 6.45) is 2.26. The maximum atomic E-state index is 12.2. The van der Waals surface area contributed by atoms with E-state index in [1.807, 2.05) is 38.1 Å². The van der Waals surface area contributed by atoms with Crippen LogP contribution in [0.2, 0.25) is 5.02 Å². The Morgan fingerprint density at radius 2 is 1.90 bits per heavy atom. The number of rotatable bonds is 7. The molecule has 1 aromatic rings. The first kappa shape index (κ1) is 19.2. The lowest BCUT2D eigenvalue weighted by Gasteiger charge is -2.28. The second-order valence-corrected chi connectivity index (χ2v) is 5.20. The molecule has 0 unspecified atom stereocenters. The quantitative estimate of drug-likeness (QED) is 0.811. The van der Waals surface area contributed by atoms with Gasteiger partial charge in [0.1, 0.15) is 0 Å². The SMILES string of the molecule is CCC(CC)(CN)C(=O)NCCc1ccccc1Cl.Cl. The Morgan fingerprint density at radius 1 is 1.30 bits per heavy atom. The van der Waals surface area contributed by atoms with Gasteiger partial charge < -0.3 is 11.1 Å². The second-order valence-electron chi connectivity index (χ2n) is 4.79. The van der Waals surface area contributed by atoms with Crippen molar-refractivity contribution in [3.05, 3.63) is 34.9 Å². The number of benzene rings is 1. The van der Waals surface area contributed by atoms with Gasteiger partial charge in [-0.1, -0.05) is 43.6 Å². The van der Waals surface area contributed by atoms with Crippen molar-refractivity contribution in [3.63, 3.8) is 0 Å². The molecule has 0 saturated carbocycles. The number of carbonyl (C=O) groups excluding carboxylic acids is 1. The van der Waals surface area contributed by atoms with E-state index < -0.39 is 5.41 Å². The zero-order chi connectivity index (χ0) is 14.3. The molecular weight excluding hydrogens is 295 g/mol. The number of hydrogen-bond donors (Lipinski definition) is 2. The summed E-state index contributed by atoms with van der Waals surface area (Å²) in [7, 11) is 0. The van der Waals surface area contributed by atoms with Gasteiger partial charge in [-0.05, 0) is 30.9 Å². The Hall–Kier alpha value is -0.770. The van der Waals surface area contributed by atoms with Gasteiger partial charge in [-0.15, -0.1) is 12.4 Å². The molecule has 114 valence electrons. The van der Waals surface area contributed by atoms with Crippen LogP contribution in [0.3, 0.4) is 0 Å². The van der Waals surface area contributed by atoms with Gasteiger partial charge in [-0.25, -0.2) is 0 Å². The molecule has 20 heavy (non-hydrogen) atoms. The summed E-state index contributed by atoms with van der Waals surface area (Å²) < 4.78 is 0. The third-order valence-electron chi connectivity index (χ3n) is 3.86. The summed E-state index contributed by atoms with van der Waals surface area (Å²) in [5.74, 6) is 0.0482. The van der Waals surface area contributed by atoms with Crippen LogP contribution in [0.4, 0.5) is 0 Å². The molecule has 0 aromatic heterocycles. The number of halogens is 2. The molecule has 0 fully saturated rings. The highest BCUT2D eigenvalue weighted by atomic mass is 35.5. The summed E-state index contributed by atoms with van der Waals surface area (Å²) >= 11 is 6.08. The maximum absolute atomic E-state index is 12.2. The highest BCUT2D eigenvalue weighted by Gasteiger charge is 2.32. The zero-order valence-corrected chi connectivity index (χ0v) is 13.7. The topological polar surface area (TPSA) is 55.1 Å². The summed E-state index contributed by atoms with van der Waals surface area (Å²) in [6.45, 7) is 4.98. The predicted molar refractivity (Wildman–Crippen MR) is 87.5 cm³/mol. The Labute approximate surface area is 132 Å². The molecule has 3 nitrogen and oxygen atoms in total.